The molecule has 142 valence electrons. The standard InChI is InChI=1S/C23H29N3O/c1-6-12-26(13-7-2)23-19-11-9-8-10-18(19)22(24-25-23)21-17(4)14-16(3)15-20(21)27-5/h8-11,14-15H,6-7,12-13H2,1-5H3. The Labute approximate surface area is 162 Å². The fraction of sp³-hybridized carbons (Fsp3) is 0.391. The zero-order valence-electron chi connectivity index (χ0n) is 17.0. The lowest BCUT2D eigenvalue weighted by atomic mass is 9.97. The molecular formula is C23H29N3O. The molecule has 0 radical (unpaired) electrons. The van der Waals surface area contributed by atoms with Gasteiger partial charge in [-0.1, -0.05) is 44.2 Å². The number of benzene rings is 2. The topological polar surface area (TPSA) is 38.2 Å². The molecule has 0 N–H and O–H groups in total. The van der Waals surface area contributed by atoms with Crippen LogP contribution >= 0.6 is 0 Å². The summed E-state index contributed by atoms with van der Waals surface area (Å²) in [6.07, 6.45) is 2.17. The first-order chi connectivity index (χ1) is 13.1. The van der Waals surface area contributed by atoms with E-state index in [4.69, 9.17) is 4.74 Å². The highest BCUT2D eigenvalue weighted by molar-refractivity contribution is 6.01. The molecule has 4 heteroatoms. The minimum atomic E-state index is 0.846. The summed E-state index contributed by atoms with van der Waals surface area (Å²) >= 11 is 0. The summed E-state index contributed by atoms with van der Waals surface area (Å²) < 4.78 is 5.69. The van der Waals surface area contributed by atoms with E-state index in [0.717, 1.165) is 65.1 Å². The molecule has 3 aromatic rings. The van der Waals surface area contributed by atoms with Crippen molar-refractivity contribution in [3.63, 3.8) is 0 Å². The van der Waals surface area contributed by atoms with Gasteiger partial charge in [-0.05, 0) is 43.9 Å². The van der Waals surface area contributed by atoms with Crippen LogP contribution in [0.5, 0.6) is 5.75 Å². The van der Waals surface area contributed by atoms with Crippen LogP contribution in [0, 0.1) is 13.8 Å². The lowest BCUT2D eigenvalue weighted by Crippen LogP contribution is -2.26. The molecule has 0 unspecified atom stereocenters. The van der Waals surface area contributed by atoms with Crippen molar-refractivity contribution >= 4 is 16.6 Å². The molecule has 0 saturated carbocycles. The average Bonchev–Trinajstić information content (AvgIpc) is 2.67. The largest absolute Gasteiger partial charge is 0.496 e. The van der Waals surface area contributed by atoms with Crippen LogP contribution in [0.15, 0.2) is 36.4 Å². The Bertz CT molecular complexity index is 930. The highest BCUT2D eigenvalue weighted by atomic mass is 16.5. The van der Waals surface area contributed by atoms with Crippen LogP contribution in [-0.4, -0.2) is 30.4 Å². The van der Waals surface area contributed by atoms with Gasteiger partial charge < -0.3 is 9.64 Å². The predicted molar refractivity (Wildman–Crippen MR) is 114 cm³/mol. The summed E-state index contributed by atoms with van der Waals surface area (Å²) in [4.78, 5) is 2.35. The molecule has 0 amide bonds. The lowest BCUT2D eigenvalue weighted by Gasteiger charge is -2.24. The predicted octanol–water partition coefficient (Wildman–Crippen LogP) is 5.55. The van der Waals surface area contributed by atoms with Crippen LogP contribution in [0.4, 0.5) is 5.82 Å². The van der Waals surface area contributed by atoms with Gasteiger partial charge in [-0.2, -0.15) is 0 Å². The number of rotatable bonds is 7. The number of aromatic nitrogens is 2. The van der Waals surface area contributed by atoms with Crippen molar-refractivity contribution in [2.45, 2.75) is 40.5 Å². The molecule has 0 spiro atoms. The van der Waals surface area contributed by atoms with Crippen molar-refractivity contribution in [2.75, 3.05) is 25.1 Å². The van der Waals surface area contributed by atoms with Gasteiger partial charge in [-0.25, -0.2) is 0 Å². The Morgan fingerprint density at radius 1 is 0.926 bits per heavy atom. The second kappa shape index (κ2) is 8.38. The van der Waals surface area contributed by atoms with E-state index in [0.29, 0.717) is 0 Å². The van der Waals surface area contributed by atoms with Crippen molar-refractivity contribution < 1.29 is 4.74 Å². The van der Waals surface area contributed by atoms with Crippen LogP contribution < -0.4 is 9.64 Å². The molecule has 0 aliphatic rings. The smallest absolute Gasteiger partial charge is 0.159 e. The number of fused-ring (bicyclic) bond motifs is 1. The Kier molecular flexibility index (Phi) is 5.94. The number of anilines is 1. The van der Waals surface area contributed by atoms with Gasteiger partial charge in [0.05, 0.1) is 7.11 Å². The Morgan fingerprint density at radius 2 is 1.59 bits per heavy atom. The van der Waals surface area contributed by atoms with Crippen molar-refractivity contribution in [3.8, 4) is 17.0 Å². The van der Waals surface area contributed by atoms with Gasteiger partial charge in [0.1, 0.15) is 11.4 Å². The molecule has 1 aromatic heterocycles. The van der Waals surface area contributed by atoms with Crippen LogP contribution in [-0.2, 0) is 0 Å². The van der Waals surface area contributed by atoms with Crippen molar-refractivity contribution in [1.82, 2.24) is 10.2 Å². The van der Waals surface area contributed by atoms with Gasteiger partial charge in [-0.3, -0.25) is 0 Å². The number of hydrogen-bond donors (Lipinski definition) is 0. The lowest BCUT2D eigenvalue weighted by molar-refractivity contribution is 0.415. The van der Waals surface area contributed by atoms with Crippen LogP contribution in [0.25, 0.3) is 22.0 Å². The van der Waals surface area contributed by atoms with Crippen LogP contribution in [0.3, 0.4) is 0 Å². The van der Waals surface area contributed by atoms with Crippen molar-refractivity contribution in [3.05, 3.63) is 47.5 Å². The molecule has 1 heterocycles. The molecule has 2 aromatic carbocycles. The third-order valence-electron chi connectivity index (χ3n) is 4.85. The van der Waals surface area contributed by atoms with Gasteiger partial charge in [-0.15, -0.1) is 10.2 Å². The molecule has 0 fully saturated rings. The van der Waals surface area contributed by atoms with E-state index in [9.17, 15) is 0 Å². The summed E-state index contributed by atoms with van der Waals surface area (Å²) in [5, 5.41) is 11.6. The Hall–Kier alpha value is -2.62. The molecule has 0 bridgehead atoms. The Balaban J connectivity index is 2.25. The summed E-state index contributed by atoms with van der Waals surface area (Å²) in [6.45, 7) is 10.6. The monoisotopic (exact) mass is 363 g/mol. The number of hydrogen-bond acceptors (Lipinski definition) is 4. The van der Waals surface area contributed by atoms with Gasteiger partial charge in [0.25, 0.3) is 0 Å². The normalized spacial score (nSPS) is 11.0. The summed E-state index contributed by atoms with van der Waals surface area (Å²) in [5.41, 5.74) is 4.24. The summed E-state index contributed by atoms with van der Waals surface area (Å²) in [5.74, 6) is 1.82. The average molecular weight is 364 g/mol. The van der Waals surface area contributed by atoms with Crippen LogP contribution in [0.1, 0.15) is 37.8 Å². The molecule has 0 aliphatic heterocycles. The van der Waals surface area contributed by atoms with E-state index in [1.54, 1.807) is 7.11 Å². The fourth-order valence-electron chi connectivity index (χ4n) is 3.76. The molecule has 0 saturated heterocycles. The maximum atomic E-state index is 5.69. The molecule has 0 atom stereocenters. The van der Waals surface area contributed by atoms with E-state index in [-0.39, 0.29) is 0 Å². The van der Waals surface area contributed by atoms with E-state index in [1.807, 2.05) is 0 Å². The van der Waals surface area contributed by atoms with Gasteiger partial charge in [0.15, 0.2) is 5.82 Å². The number of ether oxygens (including phenoxy) is 1. The molecule has 0 aliphatic carbocycles. The molecular weight excluding hydrogens is 334 g/mol. The van der Waals surface area contributed by atoms with Crippen molar-refractivity contribution in [1.29, 1.82) is 0 Å². The minimum absolute atomic E-state index is 0.846. The maximum absolute atomic E-state index is 5.69. The zero-order chi connectivity index (χ0) is 19.4. The fourth-order valence-corrected chi connectivity index (χ4v) is 3.76. The highest BCUT2D eigenvalue weighted by Gasteiger charge is 2.19. The second-order valence-electron chi connectivity index (χ2n) is 7.06. The first-order valence-corrected chi connectivity index (χ1v) is 9.76. The van der Waals surface area contributed by atoms with E-state index >= 15 is 0 Å². The zero-order valence-corrected chi connectivity index (χ0v) is 17.0. The number of methoxy groups -OCH3 is 1. The first-order valence-electron chi connectivity index (χ1n) is 9.76. The minimum Gasteiger partial charge on any atom is -0.496 e. The summed E-state index contributed by atoms with van der Waals surface area (Å²) in [7, 11) is 1.71. The molecule has 27 heavy (non-hydrogen) atoms. The molecule has 3 rings (SSSR count). The number of nitrogens with zero attached hydrogens (tertiary/aromatic N) is 3. The Morgan fingerprint density at radius 3 is 2.22 bits per heavy atom. The third kappa shape index (κ3) is 3.75. The second-order valence-corrected chi connectivity index (χ2v) is 7.06. The van der Waals surface area contributed by atoms with Gasteiger partial charge in [0.2, 0.25) is 0 Å². The first kappa shape index (κ1) is 19.2. The van der Waals surface area contributed by atoms with E-state index in [2.05, 4.69) is 79.2 Å². The van der Waals surface area contributed by atoms with E-state index in [1.165, 1.54) is 5.56 Å². The van der Waals surface area contributed by atoms with Gasteiger partial charge in [0, 0.05) is 29.4 Å². The summed E-state index contributed by atoms with van der Waals surface area (Å²) in [6, 6.07) is 12.7. The van der Waals surface area contributed by atoms with Crippen molar-refractivity contribution in [2.24, 2.45) is 0 Å². The van der Waals surface area contributed by atoms with Crippen LogP contribution in [0.2, 0.25) is 0 Å². The van der Waals surface area contributed by atoms with Gasteiger partial charge >= 0.3 is 0 Å². The highest BCUT2D eigenvalue weighted by Crippen LogP contribution is 2.38. The third-order valence-corrected chi connectivity index (χ3v) is 4.85. The van der Waals surface area contributed by atoms with E-state index < -0.39 is 0 Å². The quantitative estimate of drug-likeness (QED) is 0.552. The SMILES string of the molecule is CCCN(CCC)c1nnc(-c2c(C)cc(C)cc2OC)c2ccccc12. The number of aryl methyl sites for hydroxylation is 2. The maximum Gasteiger partial charge on any atom is 0.159 e. The molecule has 4 nitrogen and oxygen atoms in total.